The molecule has 0 bridgehead atoms. The molecule has 0 aliphatic carbocycles. The molecule has 4 N–H and O–H groups in total. The molecule has 1 atom stereocenters. The van der Waals surface area contributed by atoms with Crippen LogP contribution in [-0.2, 0) is 11.2 Å². The number of rotatable bonds is 3. The van der Waals surface area contributed by atoms with E-state index in [2.05, 4.69) is 10.7 Å². The molecule has 0 aromatic heterocycles. The van der Waals surface area contributed by atoms with E-state index in [9.17, 15) is 9.18 Å². The molecule has 1 aliphatic heterocycles. The van der Waals surface area contributed by atoms with Gasteiger partial charge in [-0.05, 0) is 48.4 Å². The minimum absolute atomic E-state index is 0.130. The number of carbonyl (C=O) groups is 1. The van der Waals surface area contributed by atoms with E-state index >= 15 is 0 Å². The zero-order valence-corrected chi connectivity index (χ0v) is 13.1. The average Bonchev–Trinajstić information content (AvgIpc) is 2.78. The van der Waals surface area contributed by atoms with Crippen molar-refractivity contribution in [3.05, 3.63) is 58.9 Å². The standard InChI is InChI=1S/C17H19FN4O/c1-10-3-4-12(18)7-11(10)8-16(23)20-13-5-6-15-14(9-13)17(19)22(2)21-15/h3-7,9,17,21H,8,19H2,1-2H3,(H,20,23). The molecule has 2 aromatic rings. The molecule has 0 radical (unpaired) electrons. The summed E-state index contributed by atoms with van der Waals surface area (Å²) in [5.41, 5.74) is 13.3. The molecule has 5 nitrogen and oxygen atoms in total. The van der Waals surface area contributed by atoms with E-state index in [4.69, 9.17) is 5.73 Å². The molecule has 120 valence electrons. The lowest BCUT2D eigenvalue weighted by molar-refractivity contribution is -0.115. The monoisotopic (exact) mass is 314 g/mol. The molecule has 1 unspecified atom stereocenters. The first-order valence-corrected chi connectivity index (χ1v) is 7.38. The third-order valence-corrected chi connectivity index (χ3v) is 4.03. The van der Waals surface area contributed by atoms with Gasteiger partial charge in [-0.3, -0.25) is 4.79 Å². The van der Waals surface area contributed by atoms with Crippen LogP contribution in [0.1, 0.15) is 22.9 Å². The number of hydrogen-bond donors (Lipinski definition) is 3. The summed E-state index contributed by atoms with van der Waals surface area (Å²) in [5, 5.41) is 4.64. The number of anilines is 2. The van der Waals surface area contributed by atoms with Crippen LogP contribution in [0.2, 0.25) is 0 Å². The number of hydrogen-bond acceptors (Lipinski definition) is 4. The van der Waals surface area contributed by atoms with Crippen LogP contribution >= 0.6 is 0 Å². The molecule has 3 rings (SSSR count). The average molecular weight is 314 g/mol. The summed E-state index contributed by atoms with van der Waals surface area (Å²) in [5.74, 6) is -0.525. The normalized spacial score (nSPS) is 16.8. The number of aryl methyl sites for hydroxylation is 1. The summed E-state index contributed by atoms with van der Waals surface area (Å²) in [6, 6.07) is 10.0. The molecule has 2 aromatic carbocycles. The molecular weight excluding hydrogens is 295 g/mol. The van der Waals surface area contributed by atoms with Crippen molar-refractivity contribution in [1.29, 1.82) is 0 Å². The van der Waals surface area contributed by atoms with Crippen LogP contribution in [0.25, 0.3) is 0 Å². The third-order valence-electron chi connectivity index (χ3n) is 4.03. The van der Waals surface area contributed by atoms with Gasteiger partial charge in [-0.1, -0.05) is 6.07 Å². The second kappa shape index (κ2) is 5.98. The lowest BCUT2D eigenvalue weighted by Crippen LogP contribution is -2.28. The fourth-order valence-corrected chi connectivity index (χ4v) is 2.66. The molecule has 0 saturated carbocycles. The Labute approximate surface area is 134 Å². The van der Waals surface area contributed by atoms with E-state index in [1.165, 1.54) is 12.1 Å². The maximum absolute atomic E-state index is 13.3. The minimum Gasteiger partial charge on any atom is -0.326 e. The summed E-state index contributed by atoms with van der Waals surface area (Å²) in [6.45, 7) is 1.86. The maximum Gasteiger partial charge on any atom is 0.228 e. The minimum atomic E-state index is -0.337. The second-order valence-corrected chi connectivity index (χ2v) is 5.77. The second-order valence-electron chi connectivity index (χ2n) is 5.77. The molecule has 1 amide bonds. The van der Waals surface area contributed by atoms with Gasteiger partial charge in [-0.2, -0.15) is 0 Å². The SMILES string of the molecule is Cc1ccc(F)cc1CC(=O)Nc1ccc2c(c1)C(N)N(C)N2. The number of nitrogens with two attached hydrogens (primary N) is 1. The Morgan fingerprint density at radius 3 is 2.91 bits per heavy atom. The number of nitrogens with one attached hydrogen (secondary N) is 2. The predicted octanol–water partition coefficient (Wildman–Crippen LogP) is 2.54. The van der Waals surface area contributed by atoms with E-state index in [1.807, 2.05) is 32.2 Å². The Bertz CT molecular complexity index is 762. The number of nitrogens with zero attached hydrogens (tertiary/aromatic N) is 1. The molecule has 6 heteroatoms. The molecule has 0 fully saturated rings. The van der Waals surface area contributed by atoms with E-state index in [-0.39, 0.29) is 24.3 Å². The van der Waals surface area contributed by atoms with Gasteiger partial charge < -0.3 is 16.5 Å². The molecule has 1 heterocycles. The maximum atomic E-state index is 13.3. The summed E-state index contributed by atoms with van der Waals surface area (Å²) >= 11 is 0. The van der Waals surface area contributed by atoms with Gasteiger partial charge in [0.25, 0.3) is 0 Å². The molecule has 23 heavy (non-hydrogen) atoms. The number of fused-ring (bicyclic) bond motifs is 1. The van der Waals surface area contributed by atoms with Gasteiger partial charge >= 0.3 is 0 Å². The number of carbonyl (C=O) groups excluding carboxylic acids is 1. The Hall–Kier alpha value is -2.44. The van der Waals surface area contributed by atoms with Gasteiger partial charge in [-0.25, -0.2) is 9.40 Å². The van der Waals surface area contributed by atoms with Crippen molar-refractivity contribution in [1.82, 2.24) is 5.01 Å². The summed E-state index contributed by atoms with van der Waals surface area (Å²) in [6.07, 6.45) is -0.127. The molecule has 0 spiro atoms. The van der Waals surface area contributed by atoms with E-state index < -0.39 is 0 Å². The number of hydrazine groups is 1. The zero-order valence-electron chi connectivity index (χ0n) is 13.1. The van der Waals surface area contributed by atoms with Gasteiger partial charge in [0.1, 0.15) is 12.0 Å². The molecular formula is C17H19FN4O. The predicted molar refractivity (Wildman–Crippen MR) is 88.2 cm³/mol. The highest BCUT2D eigenvalue weighted by Crippen LogP contribution is 2.32. The highest BCUT2D eigenvalue weighted by atomic mass is 19.1. The number of benzene rings is 2. The van der Waals surface area contributed by atoms with E-state index in [0.717, 1.165) is 16.8 Å². The van der Waals surface area contributed by atoms with Crippen molar-refractivity contribution in [2.75, 3.05) is 17.8 Å². The fraction of sp³-hybridized carbons (Fsp3) is 0.235. The lowest BCUT2D eigenvalue weighted by Gasteiger charge is -2.14. The number of halogens is 1. The van der Waals surface area contributed by atoms with Crippen LogP contribution in [0.15, 0.2) is 36.4 Å². The first kappa shape index (κ1) is 15.5. The zero-order chi connectivity index (χ0) is 16.6. The van der Waals surface area contributed by atoms with Gasteiger partial charge in [0.05, 0.1) is 12.1 Å². The van der Waals surface area contributed by atoms with Gasteiger partial charge in [0.15, 0.2) is 0 Å². The van der Waals surface area contributed by atoms with Gasteiger partial charge in [-0.15, -0.1) is 0 Å². The van der Waals surface area contributed by atoms with E-state index in [1.54, 1.807) is 11.1 Å². The lowest BCUT2D eigenvalue weighted by atomic mass is 10.1. The van der Waals surface area contributed by atoms with Gasteiger partial charge in [0.2, 0.25) is 5.91 Å². The Balaban J connectivity index is 1.73. The number of amides is 1. The third kappa shape index (κ3) is 3.18. The van der Waals surface area contributed by atoms with Crippen LogP contribution in [0, 0.1) is 12.7 Å². The van der Waals surface area contributed by atoms with Crippen LogP contribution in [-0.4, -0.2) is 18.0 Å². The van der Waals surface area contributed by atoms with Crippen molar-refractivity contribution >= 4 is 17.3 Å². The van der Waals surface area contributed by atoms with Crippen molar-refractivity contribution < 1.29 is 9.18 Å². The van der Waals surface area contributed by atoms with Crippen LogP contribution in [0.4, 0.5) is 15.8 Å². The van der Waals surface area contributed by atoms with Crippen molar-refractivity contribution in [2.24, 2.45) is 5.73 Å². The van der Waals surface area contributed by atoms with Gasteiger partial charge in [0, 0.05) is 18.3 Å². The van der Waals surface area contributed by atoms with E-state index in [0.29, 0.717) is 11.3 Å². The molecule has 1 aliphatic rings. The largest absolute Gasteiger partial charge is 0.326 e. The highest BCUT2D eigenvalue weighted by molar-refractivity contribution is 5.92. The Morgan fingerprint density at radius 2 is 2.13 bits per heavy atom. The first-order chi connectivity index (χ1) is 10.9. The van der Waals surface area contributed by atoms with Crippen molar-refractivity contribution in [3.63, 3.8) is 0 Å². The van der Waals surface area contributed by atoms with Crippen LogP contribution < -0.4 is 16.5 Å². The fourth-order valence-electron chi connectivity index (χ4n) is 2.66. The topological polar surface area (TPSA) is 70.4 Å². The van der Waals surface area contributed by atoms with Crippen molar-refractivity contribution in [3.8, 4) is 0 Å². The summed E-state index contributed by atoms with van der Waals surface area (Å²) < 4.78 is 13.3. The Morgan fingerprint density at radius 1 is 1.35 bits per heavy atom. The molecule has 0 saturated heterocycles. The van der Waals surface area contributed by atoms with Crippen LogP contribution in [0.3, 0.4) is 0 Å². The van der Waals surface area contributed by atoms with Crippen molar-refractivity contribution in [2.45, 2.75) is 19.5 Å². The smallest absolute Gasteiger partial charge is 0.228 e. The first-order valence-electron chi connectivity index (χ1n) is 7.38. The quantitative estimate of drug-likeness (QED) is 0.814. The summed E-state index contributed by atoms with van der Waals surface area (Å²) in [7, 11) is 1.86. The summed E-state index contributed by atoms with van der Waals surface area (Å²) in [4.78, 5) is 12.2. The Kier molecular flexibility index (Phi) is 4.02. The van der Waals surface area contributed by atoms with Crippen LogP contribution in [0.5, 0.6) is 0 Å². The highest BCUT2D eigenvalue weighted by Gasteiger charge is 2.24.